The van der Waals surface area contributed by atoms with Crippen LogP contribution >= 0.6 is 0 Å². The number of hydrogen-bond donors (Lipinski definition) is 0. The standard InChI is InChI=1S/C30H32N4O2/c1-21-18-31-29(34-21)28-32-19-27(20-33-28)36-25-7-4-6-22(10-13-25)30(16-2-3-17-30)23-11-14-26(15-12-23)35-24-8-5-9-24/h6-7,10-15,19-20,24H,2-5,8-9,16-18H2,1H3. The van der Waals surface area contributed by atoms with Crippen LogP contribution < -0.4 is 9.47 Å². The zero-order valence-corrected chi connectivity index (χ0v) is 20.8. The van der Waals surface area contributed by atoms with Crippen LogP contribution in [0.4, 0.5) is 0 Å². The lowest BCUT2D eigenvalue weighted by atomic mass is 9.72. The van der Waals surface area contributed by atoms with Crippen molar-refractivity contribution in [3.63, 3.8) is 0 Å². The largest absolute Gasteiger partial charge is 0.490 e. The minimum atomic E-state index is 0.0558. The van der Waals surface area contributed by atoms with Crippen LogP contribution in [0.5, 0.6) is 11.5 Å². The van der Waals surface area contributed by atoms with Crippen molar-refractivity contribution in [3.05, 3.63) is 83.7 Å². The molecular formula is C30H32N4O2. The molecule has 1 aromatic carbocycles. The predicted molar refractivity (Wildman–Crippen MR) is 142 cm³/mol. The average molecular weight is 481 g/mol. The van der Waals surface area contributed by atoms with Gasteiger partial charge < -0.3 is 9.47 Å². The van der Waals surface area contributed by atoms with Gasteiger partial charge in [-0.15, -0.1) is 0 Å². The molecule has 36 heavy (non-hydrogen) atoms. The van der Waals surface area contributed by atoms with Crippen LogP contribution in [0, 0.1) is 0 Å². The number of allylic oxidation sites excluding steroid dienone is 5. The highest BCUT2D eigenvalue weighted by molar-refractivity contribution is 6.09. The molecule has 0 amide bonds. The fourth-order valence-electron chi connectivity index (χ4n) is 5.48. The molecule has 6 rings (SSSR count). The summed E-state index contributed by atoms with van der Waals surface area (Å²) < 4.78 is 12.2. The first-order valence-corrected chi connectivity index (χ1v) is 13.1. The van der Waals surface area contributed by atoms with Gasteiger partial charge in [0.25, 0.3) is 0 Å². The summed E-state index contributed by atoms with van der Waals surface area (Å²) in [6, 6.07) is 8.88. The van der Waals surface area contributed by atoms with Crippen LogP contribution in [-0.4, -0.2) is 34.2 Å². The van der Waals surface area contributed by atoms with E-state index in [4.69, 9.17) is 9.47 Å². The number of ether oxygens (including phenoxy) is 2. The lowest BCUT2D eigenvalue weighted by Crippen LogP contribution is -2.25. The van der Waals surface area contributed by atoms with Crippen LogP contribution in [0.2, 0.25) is 0 Å². The molecule has 0 atom stereocenters. The van der Waals surface area contributed by atoms with E-state index in [1.807, 2.05) is 6.92 Å². The first kappa shape index (κ1) is 22.9. The highest BCUT2D eigenvalue weighted by atomic mass is 16.5. The summed E-state index contributed by atoms with van der Waals surface area (Å²) in [7, 11) is 0. The summed E-state index contributed by atoms with van der Waals surface area (Å²) in [6.45, 7) is 2.57. The maximum absolute atomic E-state index is 6.12. The summed E-state index contributed by atoms with van der Waals surface area (Å²) in [4.78, 5) is 17.5. The molecule has 2 aromatic rings. The van der Waals surface area contributed by atoms with E-state index >= 15 is 0 Å². The Labute approximate surface area is 212 Å². The third-order valence-electron chi connectivity index (χ3n) is 7.67. The summed E-state index contributed by atoms with van der Waals surface area (Å²) in [5.41, 5.74) is 3.80. The Kier molecular flexibility index (Phi) is 6.26. The van der Waals surface area contributed by atoms with E-state index in [0.29, 0.717) is 30.1 Å². The molecule has 3 aliphatic carbocycles. The Morgan fingerprint density at radius 1 is 0.889 bits per heavy atom. The zero-order valence-electron chi connectivity index (χ0n) is 20.8. The second kappa shape index (κ2) is 9.84. The maximum atomic E-state index is 6.12. The quantitative estimate of drug-likeness (QED) is 0.467. The number of rotatable bonds is 7. The molecule has 2 fully saturated rings. The summed E-state index contributed by atoms with van der Waals surface area (Å²) in [5, 5.41) is 0. The molecule has 184 valence electrons. The van der Waals surface area contributed by atoms with Crippen LogP contribution in [0.3, 0.4) is 0 Å². The van der Waals surface area contributed by atoms with Gasteiger partial charge in [0.15, 0.2) is 17.4 Å². The number of nitrogens with zero attached hydrogens (tertiary/aromatic N) is 4. The van der Waals surface area contributed by atoms with Crippen molar-refractivity contribution in [1.29, 1.82) is 0 Å². The van der Waals surface area contributed by atoms with Gasteiger partial charge in [-0.25, -0.2) is 15.0 Å². The van der Waals surface area contributed by atoms with Crippen molar-refractivity contribution in [2.75, 3.05) is 6.54 Å². The van der Waals surface area contributed by atoms with Crippen molar-refractivity contribution in [2.24, 2.45) is 9.98 Å². The molecule has 6 heteroatoms. The van der Waals surface area contributed by atoms with Crippen molar-refractivity contribution < 1.29 is 9.47 Å². The summed E-state index contributed by atoms with van der Waals surface area (Å²) in [6.07, 6.45) is 21.9. The molecule has 1 aromatic heterocycles. The Balaban J connectivity index is 1.15. The van der Waals surface area contributed by atoms with Crippen LogP contribution in [0.15, 0.2) is 82.3 Å². The van der Waals surface area contributed by atoms with Gasteiger partial charge in [0, 0.05) is 11.1 Å². The molecule has 0 bridgehead atoms. The number of benzene rings is 1. The molecule has 0 unspecified atom stereocenters. The second-order valence-electron chi connectivity index (χ2n) is 10.2. The Hall–Kier alpha value is -3.54. The molecule has 0 spiro atoms. The van der Waals surface area contributed by atoms with Gasteiger partial charge in [-0.2, -0.15) is 0 Å². The van der Waals surface area contributed by atoms with Crippen LogP contribution in [0.25, 0.3) is 0 Å². The molecule has 0 saturated heterocycles. The summed E-state index contributed by atoms with van der Waals surface area (Å²) in [5.74, 6) is 3.53. The molecule has 2 heterocycles. The molecule has 0 radical (unpaired) electrons. The smallest absolute Gasteiger partial charge is 0.197 e. The van der Waals surface area contributed by atoms with E-state index in [2.05, 4.69) is 68.5 Å². The fourth-order valence-corrected chi connectivity index (χ4v) is 5.48. The third-order valence-corrected chi connectivity index (χ3v) is 7.67. The Morgan fingerprint density at radius 3 is 2.33 bits per heavy atom. The topological polar surface area (TPSA) is 69.0 Å². The second-order valence-corrected chi connectivity index (χ2v) is 10.2. The molecule has 6 nitrogen and oxygen atoms in total. The van der Waals surface area contributed by atoms with E-state index in [1.165, 1.54) is 56.1 Å². The molecule has 4 aliphatic rings. The number of hydrogen-bond acceptors (Lipinski definition) is 6. The molecule has 2 saturated carbocycles. The van der Waals surface area contributed by atoms with Gasteiger partial charge in [-0.05, 0) is 80.9 Å². The highest BCUT2D eigenvalue weighted by Gasteiger charge is 2.38. The van der Waals surface area contributed by atoms with E-state index < -0.39 is 0 Å². The third kappa shape index (κ3) is 4.64. The molecule has 1 aliphatic heterocycles. The zero-order chi connectivity index (χ0) is 24.4. The van der Waals surface area contributed by atoms with Gasteiger partial charge in [-0.1, -0.05) is 37.1 Å². The lowest BCUT2D eigenvalue weighted by molar-refractivity contribution is 0.120. The lowest BCUT2D eigenvalue weighted by Gasteiger charge is -2.32. The average Bonchev–Trinajstić information content (AvgIpc) is 3.48. The first-order chi connectivity index (χ1) is 17.7. The number of amidine groups is 1. The predicted octanol–water partition coefficient (Wildman–Crippen LogP) is 6.29. The summed E-state index contributed by atoms with van der Waals surface area (Å²) >= 11 is 0. The highest BCUT2D eigenvalue weighted by Crippen LogP contribution is 2.48. The minimum Gasteiger partial charge on any atom is -0.490 e. The normalized spacial score (nSPS) is 21.1. The van der Waals surface area contributed by atoms with Gasteiger partial charge >= 0.3 is 0 Å². The number of aromatic nitrogens is 2. The van der Waals surface area contributed by atoms with Crippen molar-refractivity contribution in [2.45, 2.75) is 69.8 Å². The van der Waals surface area contributed by atoms with E-state index in [9.17, 15) is 0 Å². The van der Waals surface area contributed by atoms with Crippen molar-refractivity contribution in [3.8, 4) is 11.5 Å². The van der Waals surface area contributed by atoms with E-state index in [0.717, 1.165) is 23.6 Å². The van der Waals surface area contributed by atoms with Crippen LogP contribution in [-0.2, 0) is 5.41 Å². The molecule has 0 N–H and O–H groups in total. The fraction of sp³-hybridized carbons (Fsp3) is 0.400. The van der Waals surface area contributed by atoms with Crippen molar-refractivity contribution >= 4 is 11.5 Å². The van der Waals surface area contributed by atoms with Gasteiger partial charge in [0.05, 0.1) is 25.0 Å². The Bertz CT molecular complexity index is 1260. The maximum Gasteiger partial charge on any atom is 0.197 e. The SMILES string of the molecule is CC1=NC(c2ncc(OC3=CCC=C(C4(c5ccc(OC6CCC6)cc5)CCCC4)C=C3)cn2)=NC1. The first-order valence-electron chi connectivity index (χ1n) is 13.1. The van der Waals surface area contributed by atoms with Gasteiger partial charge in [0.1, 0.15) is 11.5 Å². The Morgan fingerprint density at radius 2 is 1.67 bits per heavy atom. The van der Waals surface area contributed by atoms with Gasteiger partial charge in [-0.3, -0.25) is 4.99 Å². The van der Waals surface area contributed by atoms with E-state index in [1.54, 1.807) is 12.4 Å². The number of aliphatic imine (C=N–C) groups is 2. The molecular weight excluding hydrogens is 448 g/mol. The minimum absolute atomic E-state index is 0.0558. The monoisotopic (exact) mass is 480 g/mol. The van der Waals surface area contributed by atoms with Gasteiger partial charge in [0.2, 0.25) is 0 Å². The van der Waals surface area contributed by atoms with Crippen LogP contribution in [0.1, 0.15) is 69.7 Å². The van der Waals surface area contributed by atoms with Crippen molar-refractivity contribution in [1.82, 2.24) is 9.97 Å². The van der Waals surface area contributed by atoms with E-state index in [-0.39, 0.29) is 5.41 Å².